The minimum Gasteiger partial charge on any atom is -0.496 e. The Morgan fingerprint density at radius 3 is 2.47 bits per heavy atom. The summed E-state index contributed by atoms with van der Waals surface area (Å²) in [7, 11) is -1.32. The number of rotatable bonds is 12. The summed E-state index contributed by atoms with van der Waals surface area (Å²) in [5.41, 5.74) is 7.45. The number of aromatic nitrogens is 2. The first-order valence-electron chi connectivity index (χ1n) is 15.0. The predicted molar refractivity (Wildman–Crippen MR) is 198 cm³/mol. The van der Waals surface area contributed by atoms with Crippen molar-refractivity contribution in [2.75, 3.05) is 20.2 Å². The Balaban J connectivity index is 1.44. The summed E-state index contributed by atoms with van der Waals surface area (Å²) in [6, 6.07) is 17.2. The van der Waals surface area contributed by atoms with Gasteiger partial charge in [-0.05, 0) is 78.4 Å². The molecule has 2 heterocycles. The van der Waals surface area contributed by atoms with Crippen molar-refractivity contribution < 1.29 is 8.95 Å². The third-order valence-electron chi connectivity index (χ3n) is 8.24. The number of benzene rings is 3. The molecule has 1 saturated heterocycles. The highest BCUT2D eigenvalue weighted by Gasteiger charge is 2.30. The van der Waals surface area contributed by atoms with Gasteiger partial charge in [0.25, 0.3) is 0 Å². The van der Waals surface area contributed by atoms with Gasteiger partial charge in [0.05, 0.1) is 39.6 Å². The van der Waals surface area contributed by atoms with Crippen LogP contribution in [-0.4, -0.2) is 44.0 Å². The van der Waals surface area contributed by atoms with Crippen molar-refractivity contribution in [3.05, 3.63) is 117 Å². The maximum Gasteiger partial charge on any atom is 0.173 e. The van der Waals surface area contributed by atoms with Crippen LogP contribution < -0.4 is 14.9 Å². The van der Waals surface area contributed by atoms with E-state index in [9.17, 15) is 4.21 Å². The number of thioether (sulfide) groups is 1. The van der Waals surface area contributed by atoms with Crippen molar-refractivity contribution in [3.63, 3.8) is 0 Å². The maximum atomic E-state index is 13.8. The molecule has 248 valence electrons. The zero-order valence-corrected chi connectivity index (χ0v) is 30.7. The molecule has 0 radical (unpaired) electrons. The van der Waals surface area contributed by atoms with E-state index in [2.05, 4.69) is 52.8 Å². The van der Waals surface area contributed by atoms with Crippen molar-refractivity contribution in [1.82, 2.24) is 24.7 Å². The van der Waals surface area contributed by atoms with Gasteiger partial charge in [0.2, 0.25) is 0 Å². The summed E-state index contributed by atoms with van der Waals surface area (Å²) in [6.07, 6.45) is 4.10. The Morgan fingerprint density at radius 1 is 1.06 bits per heavy atom. The second-order valence-corrected chi connectivity index (χ2v) is 16.0. The molecule has 0 spiro atoms. The second-order valence-electron chi connectivity index (χ2n) is 11.8. The van der Waals surface area contributed by atoms with Crippen LogP contribution in [0.4, 0.5) is 0 Å². The van der Waals surface area contributed by atoms with Crippen LogP contribution in [-0.2, 0) is 20.9 Å². The number of nitrogens with zero attached hydrogens (tertiary/aromatic N) is 3. The Labute approximate surface area is 297 Å². The van der Waals surface area contributed by atoms with Crippen LogP contribution in [0.2, 0.25) is 15.1 Å². The lowest BCUT2D eigenvalue weighted by atomic mass is 9.81. The van der Waals surface area contributed by atoms with Crippen molar-refractivity contribution >= 4 is 61.3 Å². The summed E-state index contributed by atoms with van der Waals surface area (Å²) in [4.78, 5) is 5.35. The van der Waals surface area contributed by atoms with E-state index in [1.54, 1.807) is 31.0 Å². The first-order valence-corrected chi connectivity index (χ1v) is 18.7. The summed E-state index contributed by atoms with van der Waals surface area (Å²) in [5, 5.41) is 6.96. The third-order valence-corrected chi connectivity index (χ3v) is 12.2. The second kappa shape index (κ2) is 14.6. The SMILES string of the molecule is C=C=S(=O)(NC(=C)NN1CCCC1)c1ccc(CSc2ncc(C(C)(C)c3ccc(Cl)c(Cl)c3)n2-c2ccc(C)c(OC)c2)c(Cl)c1. The monoisotopic (exact) mass is 729 g/mol. The summed E-state index contributed by atoms with van der Waals surface area (Å²) >= 11 is 21.0. The van der Waals surface area contributed by atoms with Gasteiger partial charge < -0.3 is 10.2 Å². The number of hydrogen-bond acceptors (Lipinski definition) is 6. The number of hydrogen-bond donors (Lipinski definition) is 2. The fourth-order valence-electron chi connectivity index (χ4n) is 5.47. The molecule has 1 atom stereocenters. The topological polar surface area (TPSA) is 71.4 Å². The molecule has 4 aromatic rings. The van der Waals surface area contributed by atoms with Crippen LogP contribution in [0.1, 0.15) is 49.1 Å². The van der Waals surface area contributed by atoms with Crippen LogP contribution in [0.3, 0.4) is 0 Å². The first kappa shape index (κ1) is 35.3. The number of ether oxygens (including phenoxy) is 1. The Kier molecular flexibility index (Phi) is 11.0. The molecule has 0 amide bonds. The molecule has 1 unspecified atom stereocenters. The Bertz CT molecular complexity index is 1960. The van der Waals surface area contributed by atoms with Gasteiger partial charge in [0.15, 0.2) is 5.16 Å². The number of aryl methyl sites for hydroxylation is 1. The van der Waals surface area contributed by atoms with E-state index in [1.165, 1.54) is 0 Å². The molecule has 7 nitrogen and oxygen atoms in total. The van der Waals surface area contributed by atoms with Crippen molar-refractivity contribution in [3.8, 4) is 11.4 Å². The summed E-state index contributed by atoms with van der Waals surface area (Å²) in [5.74, 6) is 1.71. The first-order chi connectivity index (χ1) is 22.4. The van der Waals surface area contributed by atoms with E-state index < -0.39 is 15.1 Å². The van der Waals surface area contributed by atoms with Crippen LogP contribution in [0, 0.1) is 6.92 Å². The van der Waals surface area contributed by atoms with Gasteiger partial charge in [-0.2, -0.15) is 0 Å². The number of imidazole rings is 1. The van der Waals surface area contributed by atoms with Crippen molar-refractivity contribution in [2.24, 2.45) is 0 Å². The highest BCUT2D eigenvalue weighted by atomic mass is 35.5. The zero-order chi connectivity index (χ0) is 33.9. The maximum absolute atomic E-state index is 13.8. The molecule has 1 aliphatic heterocycles. The van der Waals surface area contributed by atoms with Gasteiger partial charge in [0, 0.05) is 35.3 Å². The molecule has 12 heteroatoms. The molecule has 2 N–H and O–H groups in total. The minimum atomic E-state index is -2.99. The standard InChI is InChI=1S/C35H38Cl3N5O2S2/c1-7-47(44,41-24(3)40-42-16-8-9-17-42)28-14-11-25(30(37)20-28)22-46-34-39-21-33(35(4,5)26-12-15-29(36)31(38)18-26)43(34)27-13-10-23(2)32(19-27)45-6/h10-15,18-21,40H,1,3,8-9,16-17,22H2,2,4-6H3,(H,41,44). The molecule has 0 bridgehead atoms. The van der Waals surface area contributed by atoms with E-state index in [0.29, 0.717) is 31.5 Å². The number of hydrazine groups is 1. The Morgan fingerprint density at radius 2 is 1.81 bits per heavy atom. The molecule has 3 aromatic carbocycles. The van der Waals surface area contributed by atoms with E-state index in [4.69, 9.17) is 44.5 Å². The van der Waals surface area contributed by atoms with Crippen LogP contribution in [0.25, 0.3) is 5.69 Å². The quantitative estimate of drug-likeness (QED) is 0.113. The zero-order valence-electron chi connectivity index (χ0n) is 26.8. The van der Waals surface area contributed by atoms with Gasteiger partial charge in [-0.15, -0.1) is 0 Å². The number of halogens is 3. The minimum absolute atomic E-state index is 0.419. The lowest BCUT2D eigenvalue weighted by molar-refractivity contribution is 0.263. The van der Waals surface area contributed by atoms with Crippen LogP contribution in [0.5, 0.6) is 5.75 Å². The largest absolute Gasteiger partial charge is 0.496 e. The molecule has 0 saturated carbocycles. The highest BCUT2D eigenvalue weighted by molar-refractivity contribution is 7.99. The normalized spacial score (nSPS) is 14.8. The van der Waals surface area contributed by atoms with Crippen molar-refractivity contribution in [2.45, 2.75) is 54.8 Å². The van der Waals surface area contributed by atoms with E-state index in [0.717, 1.165) is 64.9 Å². The number of methoxy groups -OCH3 is 1. The van der Waals surface area contributed by atoms with Gasteiger partial charge in [-0.1, -0.05) is 85.2 Å². The summed E-state index contributed by atoms with van der Waals surface area (Å²) < 4.78 is 24.6. The fraction of sp³-hybridized carbons (Fsp3) is 0.286. The lowest BCUT2D eigenvalue weighted by Crippen LogP contribution is -2.41. The van der Waals surface area contributed by atoms with Crippen LogP contribution >= 0.6 is 46.6 Å². The van der Waals surface area contributed by atoms with Crippen molar-refractivity contribution in [1.29, 1.82) is 0 Å². The predicted octanol–water partition coefficient (Wildman–Crippen LogP) is 8.57. The average Bonchev–Trinajstić information content (AvgIpc) is 3.72. The summed E-state index contributed by atoms with van der Waals surface area (Å²) in [6.45, 7) is 15.8. The average molecular weight is 731 g/mol. The van der Waals surface area contributed by atoms with Gasteiger partial charge in [0.1, 0.15) is 21.3 Å². The third kappa shape index (κ3) is 7.68. The van der Waals surface area contributed by atoms with Crippen LogP contribution in [0.15, 0.2) is 89.8 Å². The van der Waals surface area contributed by atoms with Gasteiger partial charge in [-0.3, -0.25) is 9.29 Å². The molecule has 0 aliphatic carbocycles. The Hall–Kier alpha value is -3.01. The van der Waals surface area contributed by atoms with Gasteiger partial charge >= 0.3 is 0 Å². The molecule has 5 rings (SSSR count). The molecular formula is C35H38Cl3N5O2S2. The lowest BCUT2D eigenvalue weighted by Gasteiger charge is -2.28. The number of nitrogens with one attached hydrogen (secondary N) is 2. The van der Waals surface area contributed by atoms with Gasteiger partial charge in [-0.25, -0.2) is 14.2 Å². The fourth-order valence-corrected chi connectivity index (χ4v) is 8.45. The highest BCUT2D eigenvalue weighted by Crippen LogP contribution is 2.39. The molecule has 47 heavy (non-hydrogen) atoms. The van der Waals surface area contributed by atoms with E-state index in [-0.39, 0.29) is 0 Å². The smallest absolute Gasteiger partial charge is 0.173 e. The molecular weight excluding hydrogens is 693 g/mol. The molecule has 1 aliphatic rings. The van der Waals surface area contributed by atoms with E-state index >= 15 is 0 Å². The molecule has 1 fully saturated rings. The molecule has 1 aromatic heterocycles. The van der Waals surface area contributed by atoms with E-state index in [1.807, 2.05) is 54.5 Å².